The molecule has 0 radical (unpaired) electrons. The summed E-state index contributed by atoms with van der Waals surface area (Å²) in [7, 11) is -4.61. The summed E-state index contributed by atoms with van der Waals surface area (Å²) in [4.78, 5) is -0.284. The van der Waals surface area contributed by atoms with E-state index in [2.05, 4.69) is 6.92 Å². The van der Waals surface area contributed by atoms with Gasteiger partial charge in [-0.1, -0.05) is 108 Å². The molecule has 0 spiro atoms. The first-order valence-corrected chi connectivity index (χ1v) is 13.2. The number of aryl methyl sites for hydroxylation is 1. The van der Waals surface area contributed by atoms with Gasteiger partial charge < -0.3 is 9.29 Å². The topological polar surface area (TPSA) is 66.4 Å². The Morgan fingerprint density at radius 1 is 0.719 bits per heavy atom. The molecule has 2 rings (SSSR count). The minimum absolute atomic E-state index is 0. The number of benzene rings is 2. The molecule has 0 saturated carbocycles. The molecule has 0 unspecified atom stereocenters. The number of hydrogen-bond acceptors (Lipinski definition) is 4. The van der Waals surface area contributed by atoms with Crippen LogP contribution in [0.3, 0.4) is 0 Å². The summed E-state index contributed by atoms with van der Waals surface area (Å²) in [5, 5.41) is 0. The summed E-state index contributed by atoms with van der Waals surface area (Å²) in [6.45, 7) is 2.25. The van der Waals surface area contributed by atoms with Crippen LogP contribution < -0.4 is 34.3 Å². The van der Waals surface area contributed by atoms with Crippen LogP contribution in [0.5, 0.6) is 11.5 Å². The average molecular weight is 469 g/mol. The van der Waals surface area contributed by atoms with Crippen molar-refractivity contribution in [3.8, 4) is 11.5 Å². The number of unbranched alkanes of at least 4 members (excludes halogenated alkanes) is 11. The SMILES string of the molecule is CCCCCCCCCCCCCCc1cccc(S(=O)(=O)[O-])c1Oc1ccccc1.[Na+]. The molecule has 172 valence electrons. The fourth-order valence-corrected chi connectivity index (χ4v) is 4.48. The van der Waals surface area contributed by atoms with Gasteiger partial charge in [-0.25, -0.2) is 8.42 Å². The minimum Gasteiger partial charge on any atom is -0.744 e. The molecular formula is C26H37NaO4S. The smallest absolute Gasteiger partial charge is 0.744 e. The second-order valence-corrected chi connectivity index (χ2v) is 9.60. The zero-order valence-electron chi connectivity index (χ0n) is 19.9. The van der Waals surface area contributed by atoms with E-state index in [0.29, 0.717) is 12.2 Å². The molecule has 0 aliphatic carbocycles. The van der Waals surface area contributed by atoms with E-state index < -0.39 is 10.1 Å². The number of rotatable bonds is 16. The van der Waals surface area contributed by atoms with E-state index >= 15 is 0 Å². The van der Waals surface area contributed by atoms with Gasteiger partial charge in [-0.2, -0.15) is 0 Å². The van der Waals surface area contributed by atoms with Crippen molar-refractivity contribution in [3.63, 3.8) is 0 Å². The Balaban J connectivity index is 0.00000512. The molecule has 0 saturated heterocycles. The standard InChI is InChI=1S/C26H38O4S.Na/c1-2-3-4-5-6-7-8-9-10-11-12-14-18-23-19-17-22-25(31(27,28)29)26(23)30-24-20-15-13-16-21-24;/h13,15-17,19-22H,2-12,14,18H2,1H3,(H,27,28,29);/q;+1/p-1. The van der Waals surface area contributed by atoms with Crippen LogP contribution in [0.1, 0.15) is 89.5 Å². The Morgan fingerprint density at radius 3 is 1.78 bits per heavy atom. The van der Waals surface area contributed by atoms with Crippen LogP contribution in [0.15, 0.2) is 53.4 Å². The minimum atomic E-state index is -4.61. The first-order chi connectivity index (χ1) is 15.0. The predicted molar refractivity (Wildman–Crippen MR) is 126 cm³/mol. The molecule has 4 nitrogen and oxygen atoms in total. The summed E-state index contributed by atoms with van der Waals surface area (Å²) in [5.74, 6) is 0.696. The molecule has 0 atom stereocenters. The van der Waals surface area contributed by atoms with Crippen LogP contribution in [-0.4, -0.2) is 13.0 Å². The van der Waals surface area contributed by atoms with Gasteiger partial charge >= 0.3 is 29.6 Å². The Hall–Kier alpha value is -0.850. The number of para-hydroxylation sites is 2. The fourth-order valence-electron chi connectivity index (χ4n) is 3.83. The molecule has 0 N–H and O–H groups in total. The maximum atomic E-state index is 11.7. The third-order valence-electron chi connectivity index (χ3n) is 5.59. The quantitative estimate of drug-likeness (QED) is 0.205. The third kappa shape index (κ3) is 11.3. The summed E-state index contributed by atoms with van der Waals surface area (Å²) in [6.07, 6.45) is 15.9. The van der Waals surface area contributed by atoms with Crippen LogP contribution in [-0.2, 0) is 16.5 Å². The molecule has 32 heavy (non-hydrogen) atoms. The van der Waals surface area contributed by atoms with Gasteiger partial charge in [0, 0.05) is 0 Å². The second kappa shape index (κ2) is 16.7. The van der Waals surface area contributed by atoms with E-state index in [4.69, 9.17) is 4.74 Å². The van der Waals surface area contributed by atoms with Gasteiger partial charge in [0.1, 0.15) is 21.6 Å². The Morgan fingerprint density at radius 2 is 1.25 bits per heavy atom. The maximum absolute atomic E-state index is 11.7. The molecule has 6 heteroatoms. The molecular weight excluding hydrogens is 431 g/mol. The van der Waals surface area contributed by atoms with E-state index in [1.54, 1.807) is 18.2 Å². The van der Waals surface area contributed by atoms with Crippen molar-refractivity contribution in [3.05, 3.63) is 54.1 Å². The normalized spacial score (nSPS) is 11.2. The van der Waals surface area contributed by atoms with Crippen LogP contribution in [0.25, 0.3) is 0 Å². The Bertz CT molecular complexity index is 853. The molecule has 0 bridgehead atoms. The Kier molecular flexibility index (Phi) is 15.2. The van der Waals surface area contributed by atoms with E-state index in [1.165, 1.54) is 70.3 Å². The van der Waals surface area contributed by atoms with Crippen LogP contribution in [0, 0.1) is 0 Å². The van der Waals surface area contributed by atoms with Crippen LogP contribution >= 0.6 is 0 Å². The molecule has 0 fully saturated rings. The Labute approximate surface area is 217 Å². The van der Waals surface area contributed by atoms with Crippen LogP contribution in [0.4, 0.5) is 0 Å². The molecule has 0 aliphatic heterocycles. The van der Waals surface area contributed by atoms with Gasteiger partial charge in [0.25, 0.3) is 0 Å². The number of ether oxygens (including phenoxy) is 1. The molecule has 0 aromatic heterocycles. The van der Waals surface area contributed by atoms with Crippen molar-refractivity contribution < 1.29 is 47.3 Å². The third-order valence-corrected chi connectivity index (χ3v) is 6.45. The fraction of sp³-hybridized carbons (Fsp3) is 0.538. The number of hydrogen-bond donors (Lipinski definition) is 0. The predicted octanol–water partition coefficient (Wildman–Crippen LogP) is 4.63. The van der Waals surface area contributed by atoms with Gasteiger partial charge in [-0.3, -0.25) is 0 Å². The first-order valence-electron chi connectivity index (χ1n) is 11.8. The monoisotopic (exact) mass is 468 g/mol. The van der Waals surface area contributed by atoms with Crippen molar-refractivity contribution in [1.82, 2.24) is 0 Å². The van der Waals surface area contributed by atoms with Gasteiger partial charge in [0.15, 0.2) is 0 Å². The van der Waals surface area contributed by atoms with Crippen molar-refractivity contribution in [2.24, 2.45) is 0 Å². The summed E-state index contributed by atoms with van der Waals surface area (Å²) in [6, 6.07) is 13.8. The molecule has 2 aromatic carbocycles. The van der Waals surface area contributed by atoms with Gasteiger partial charge in [0.2, 0.25) is 0 Å². The molecule has 0 heterocycles. The van der Waals surface area contributed by atoms with Crippen LogP contribution in [0.2, 0.25) is 0 Å². The van der Waals surface area contributed by atoms with E-state index in [1.807, 2.05) is 24.3 Å². The summed E-state index contributed by atoms with van der Waals surface area (Å²) >= 11 is 0. The zero-order chi connectivity index (χ0) is 22.4. The van der Waals surface area contributed by atoms with E-state index in [0.717, 1.165) is 18.4 Å². The maximum Gasteiger partial charge on any atom is 1.00 e. The molecule has 0 amide bonds. The first kappa shape index (κ1) is 29.2. The van der Waals surface area contributed by atoms with Crippen molar-refractivity contribution in [1.29, 1.82) is 0 Å². The van der Waals surface area contributed by atoms with Gasteiger partial charge in [-0.15, -0.1) is 0 Å². The van der Waals surface area contributed by atoms with Crippen molar-refractivity contribution >= 4 is 10.1 Å². The molecule has 0 aliphatic rings. The zero-order valence-corrected chi connectivity index (χ0v) is 22.7. The van der Waals surface area contributed by atoms with Gasteiger partial charge in [0.05, 0.1) is 4.90 Å². The summed E-state index contributed by atoms with van der Waals surface area (Å²) in [5.41, 5.74) is 0.771. The van der Waals surface area contributed by atoms with Crippen molar-refractivity contribution in [2.75, 3.05) is 0 Å². The van der Waals surface area contributed by atoms with Crippen molar-refractivity contribution in [2.45, 2.75) is 95.3 Å². The van der Waals surface area contributed by atoms with Gasteiger partial charge in [-0.05, 0) is 36.6 Å². The molecule has 2 aromatic rings. The van der Waals surface area contributed by atoms with E-state index in [-0.39, 0.29) is 40.2 Å². The average Bonchev–Trinajstić information content (AvgIpc) is 2.75. The second-order valence-electron chi connectivity index (χ2n) is 8.25. The van der Waals surface area contributed by atoms with E-state index in [9.17, 15) is 13.0 Å². The largest absolute Gasteiger partial charge is 1.00 e. The summed E-state index contributed by atoms with van der Waals surface area (Å²) < 4.78 is 41.1.